The van der Waals surface area contributed by atoms with Crippen molar-refractivity contribution in [2.24, 2.45) is 0 Å². The highest BCUT2D eigenvalue weighted by Gasteiger charge is 2.01. The molecule has 11 heavy (non-hydrogen) atoms. The molecule has 56 valence electrons. The lowest BCUT2D eigenvalue weighted by Gasteiger charge is -2.00. The second-order valence-electron chi connectivity index (χ2n) is 1.79. The molecule has 0 N–H and O–H groups in total. The first-order chi connectivity index (χ1) is 5.38. The minimum atomic E-state index is 0.352. The molecule has 4 heteroatoms. The molecule has 0 fully saturated rings. The molecule has 0 spiro atoms. The van der Waals surface area contributed by atoms with E-state index in [9.17, 15) is 0 Å². The van der Waals surface area contributed by atoms with Gasteiger partial charge < -0.3 is 4.74 Å². The summed E-state index contributed by atoms with van der Waals surface area (Å²) in [6.07, 6.45) is 2.78. The largest absolute Gasteiger partial charge is 0.477 e. The molecule has 0 saturated carbocycles. The SMILES string of the molecule is CCOc1ncncc1C#N. The van der Waals surface area contributed by atoms with Gasteiger partial charge in [0.05, 0.1) is 12.8 Å². The Bertz CT molecular complexity index is 279. The van der Waals surface area contributed by atoms with Gasteiger partial charge in [-0.2, -0.15) is 5.26 Å². The summed E-state index contributed by atoms with van der Waals surface area (Å²) < 4.78 is 5.05. The third-order valence-electron chi connectivity index (χ3n) is 1.08. The summed E-state index contributed by atoms with van der Waals surface area (Å²) in [7, 11) is 0. The fourth-order valence-electron chi connectivity index (χ4n) is 0.647. The van der Waals surface area contributed by atoms with Crippen LogP contribution in [0.3, 0.4) is 0 Å². The van der Waals surface area contributed by atoms with Gasteiger partial charge in [0.15, 0.2) is 0 Å². The van der Waals surface area contributed by atoms with Crippen LogP contribution < -0.4 is 4.74 Å². The quantitative estimate of drug-likeness (QED) is 0.622. The zero-order chi connectivity index (χ0) is 8.10. The van der Waals surface area contributed by atoms with Crippen LogP contribution in [0.4, 0.5) is 0 Å². The Morgan fingerprint density at radius 1 is 1.73 bits per heavy atom. The maximum Gasteiger partial charge on any atom is 0.234 e. The van der Waals surface area contributed by atoms with Crippen LogP contribution in [0, 0.1) is 11.3 Å². The maximum absolute atomic E-state index is 8.54. The van der Waals surface area contributed by atoms with Gasteiger partial charge in [0.1, 0.15) is 18.0 Å². The van der Waals surface area contributed by atoms with E-state index in [4.69, 9.17) is 10.00 Å². The Balaban J connectivity index is 2.95. The van der Waals surface area contributed by atoms with Crippen LogP contribution in [0.5, 0.6) is 5.88 Å². The Kier molecular flexibility index (Phi) is 2.39. The van der Waals surface area contributed by atoms with E-state index in [1.54, 1.807) is 0 Å². The Morgan fingerprint density at radius 3 is 3.18 bits per heavy atom. The van der Waals surface area contributed by atoms with Gasteiger partial charge in [-0.05, 0) is 6.92 Å². The van der Waals surface area contributed by atoms with Gasteiger partial charge in [-0.3, -0.25) is 0 Å². The number of nitrogens with zero attached hydrogens (tertiary/aromatic N) is 3. The molecule has 0 aromatic carbocycles. The van der Waals surface area contributed by atoms with Crippen LogP contribution in [-0.4, -0.2) is 16.6 Å². The van der Waals surface area contributed by atoms with E-state index in [1.165, 1.54) is 12.5 Å². The van der Waals surface area contributed by atoms with Gasteiger partial charge in [0, 0.05) is 0 Å². The zero-order valence-corrected chi connectivity index (χ0v) is 6.11. The topological polar surface area (TPSA) is 58.8 Å². The second kappa shape index (κ2) is 3.52. The molecule has 1 aromatic rings. The molecule has 4 nitrogen and oxygen atoms in total. The lowest BCUT2D eigenvalue weighted by molar-refractivity contribution is 0.325. The number of aromatic nitrogens is 2. The van der Waals surface area contributed by atoms with Gasteiger partial charge in [-0.15, -0.1) is 0 Å². The highest BCUT2D eigenvalue weighted by atomic mass is 16.5. The van der Waals surface area contributed by atoms with Crippen molar-refractivity contribution in [2.45, 2.75) is 6.92 Å². The van der Waals surface area contributed by atoms with E-state index in [1.807, 2.05) is 13.0 Å². The normalized spacial score (nSPS) is 8.73. The Morgan fingerprint density at radius 2 is 2.55 bits per heavy atom. The smallest absolute Gasteiger partial charge is 0.234 e. The molecular weight excluding hydrogens is 142 g/mol. The molecule has 0 aliphatic heterocycles. The molecule has 0 unspecified atom stereocenters. The first kappa shape index (κ1) is 7.48. The fourth-order valence-corrected chi connectivity index (χ4v) is 0.647. The van der Waals surface area contributed by atoms with Crippen LogP contribution in [0.2, 0.25) is 0 Å². The van der Waals surface area contributed by atoms with Crippen molar-refractivity contribution in [2.75, 3.05) is 6.61 Å². The monoisotopic (exact) mass is 149 g/mol. The Hall–Kier alpha value is -1.63. The third-order valence-corrected chi connectivity index (χ3v) is 1.08. The number of nitriles is 1. The molecule has 0 aliphatic rings. The predicted molar refractivity (Wildman–Crippen MR) is 37.9 cm³/mol. The lowest BCUT2D eigenvalue weighted by Crippen LogP contribution is -1.97. The van der Waals surface area contributed by atoms with E-state index in [0.717, 1.165) is 0 Å². The van der Waals surface area contributed by atoms with E-state index < -0.39 is 0 Å². The summed E-state index contributed by atoms with van der Waals surface area (Å²) in [6.45, 7) is 2.34. The molecule has 0 amide bonds. The molecule has 0 atom stereocenters. The molecule has 1 aromatic heterocycles. The van der Waals surface area contributed by atoms with Gasteiger partial charge in [-0.1, -0.05) is 0 Å². The summed E-state index contributed by atoms with van der Waals surface area (Å²) in [6, 6.07) is 1.93. The molecule has 1 heterocycles. The van der Waals surface area contributed by atoms with Crippen molar-refractivity contribution >= 4 is 0 Å². The maximum atomic E-state index is 8.54. The van der Waals surface area contributed by atoms with Crippen molar-refractivity contribution in [3.8, 4) is 11.9 Å². The average molecular weight is 149 g/mol. The summed E-state index contributed by atoms with van der Waals surface area (Å²) in [4.78, 5) is 7.47. The fraction of sp³-hybridized carbons (Fsp3) is 0.286. The number of hydrogen-bond donors (Lipinski definition) is 0. The van der Waals surface area contributed by atoms with Crippen molar-refractivity contribution < 1.29 is 4.74 Å². The van der Waals surface area contributed by atoms with Crippen LogP contribution in [0.25, 0.3) is 0 Å². The second-order valence-corrected chi connectivity index (χ2v) is 1.79. The summed E-state index contributed by atoms with van der Waals surface area (Å²) in [5.41, 5.74) is 0.370. The average Bonchev–Trinajstić information content (AvgIpc) is 2.06. The molecule has 0 bridgehead atoms. The predicted octanol–water partition coefficient (Wildman–Crippen LogP) is 0.747. The molecular formula is C7H7N3O. The molecule has 0 aliphatic carbocycles. The van der Waals surface area contributed by atoms with E-state index >= 15 is 0 Å². The van der Waals surface area contributed by atoms with Gasteiger partial charge in [-0.25, -0.2) is 9.97 Å². The Labute approximate surface area is 64.5 Å². The summed E-state index contributed by atoms with van der Waals surface area (Å²) in [5, 5.41) is 8.54. The van der Waals surface area contributed by atoms with Crippen LogP contribution in [-0.2, 0) is 0 Å². The highest BCUT2D eigenvalue weighted by Crippen LogP contribution is 2.10. The van der Waals surface area contributed by atoms with Crippen molar-refractivity contribution in [1.29, 1.82) is 5.26 Å². The number of ether oxygens (including phenoxy) is 1. The molecule has 0 saturated heterocycles. The van der Waals surface area contributed by atoms with Crippen LogP contribution in [0.15, 0.2) is 12.5 Å². The van der Waals surface area contributed by atoms with Gasteiger partial charge in [0.25, 0.3) is 0 Å². The van der Waals surface area contributed by atoms with E-state index in [-0.39, 0.29) is 0 Å². The highest BCUT2D eigenvalue weighted by molar-refractivity contribution is 5.34. The summed E-state index contributed by atoms with van der Waals surface area (Å²) >= 11 is 0. The lowest BCUT2D eigenvalue weighted by atomic mass is 10.4. The van der Waals surface area contributed by atoms with Gasteiger partial charge in [0.2, 0.25) is 5.88 Å². The molecule has 1 rings (SSSR count). The summed E-state index contributed by atoms with van der Waals surface area (Å²) in [5.74, 6) is 0.352. The van der Waals surface area contributed by atoms with Crippen molar-refractivity contribution in [3.63, 3.8) is 0 Å². The zero-order valence-electron chi connectivity index (χ0n) is 6.11. The van der Waals surface area contributed by atoms with E-state index in [2.05, 4.69) is 9.97 Å². The van der Waals surface area contributed by atoms with Crippen LogP contribution >= 0.6 is 0 Å². The standard InChI is InChI=1S/C7H7N3O/c1-2-11-7-6(3-8)4-9-5-10-7/h4-5H,2H2,1H3. The number of hydrogen-bond acceptors (Lipinski definition) is 4. The van der Waals surface area contributed by atoms with Gasteiger partial charge >= 0.3 is 0 Å². The minimum absolute atomic E-state index is 0.352. The first-order valence-corrected chi connectivity index (χ1v) is 3.21. The molecule has 0 radical (unpaired) electrons. The van der Waals surface area contributed by atoms with Crippen molar-refractivity contribution in [1.82, 2.24) is 9.97 Å². The first-order valence-electron chi connectivity index (χ1n) is 3.21. The minimum Gasteiger partial charge on any atom is -0.477 e. The third kappa shape index (κ3) is 1.64. The van der Waals surface area contributed by atoms with E-state index in [0.29, 0.717) is 18.1 Å². The number of rotatable bonds is 2. The van der Waals surface area contributed by atoms with Crippen molar-refractivity contribution in [3.05, 3.63) is 18.1 Å². The van der Waals surface area contributed by atoms with Crippen LogP contribution in [0.1, 0.15) is 12.5 Å².